The van der Waals surface area contributed by atoms with E-state index < -0.39 is 11.7 Å². The molecule has 2 aromatic carbocycles. The molecule has 33 heavy (non-hydrogen) atoms. The molecule has 0 aliphatic carbocycles. The zero-order valence-electron chi connectivity index (χ0n) is 19.6. The number of hydrogen-bond donors (Lipinski definition) is 2. The zero-order valence-corrected chi connectivity index (χ0v) is 20.3. The number of carbonyl (C=O) groups excluding carboxylic acids is 1. The van der Waals surface area contributed by atoms with Gasteiger partial charge in [0.25, 0.3) is 5.91 Å². The van der Waals surface area contributed by atoms with Crippen LogP contribution in [0.3, 0.4) is 0 Å². The van der Waals surface area contributed by atoms with Crippen molar-refractivity contribution in [2.75, 3.05) is 11.9 Å². The van der Waals surface area contributed by atoms with E-state index in [0.717, 1.165) is 34.7 Å². The molecule has 0 aliphatic rings. The normalized spacial score (nSPS) is 11.5. The van der Waals surface area contributed by atoms with E-state index in [1.54, 1.807) is 25.1 Å². The molecule has 0 aliphatic heterocycles. The van der Waals surface area contributed by atoms with E-state index in [9.17, 15) is 9.18 Å². The fourth-order valence-electron chi connectivity index (χ4n) is 3.58. The fraction of sp³-hybridized carbons (Fsp3) is 0.320. The van der Waals surface area contributed by atoms with Gasteiger partial charge < -0.3 is 5.32 Å². The second-order valence-corrected chi connectivity index (χ2v) is 8.31. The standard InChI is InChI=1S/C25H29ClFN5O/c1-6-32-18(5)20(17(4)31-32)12-13-28-25(29-23-9-7-8-21(26)16(23)3)30-24(33)19-11-10-15(2)22(27)14-19/h7-11,14H,6,12-13H2,1-5H3,(H2,28,29,30,33). The molecule has 6 nitrogen and oxygen atoms in total. The van der Waals surface area contributed by atoms with Crippen molar-refractivity contribution >= 4 is 29.2 Å². The molecule has 8 heteroatoms. The van der Waals surface area contributed by atoms with E-state index in [4.69, 9.17) is 11.6 Å². The highest BCUT2D eigenvalue weighted by Gasteiger charge is 2.14. The Morgan fingerprint density at radius 2 is 1.94 bits per heavy atom. The van der Waals surface area contributed by atoms with Gasteiger partial charge in [-0.05, 0) is 82.0 Å². The van der Waals surface area contributed by atoms with Crippen molar-refractivity contribution in [1.82, 2.24) is 15.1 Å². The molecule has 2 N–H and O–H groups in total. The van der Waals surface area contributed by atoms with Gasteiger partial charge in [-0.3, -0.25) is 19.8 Å². The fourth-order valence-corrected chi connectivity index (χ4v) is 3.75. The predicted molar refractivity (Wildman–Crippen MR) is 132 cm³/mol. The van der Waals surface area contributed by atoms with Crippen LogP contribution >= 0.6 is 11.6 Å². The molecule has 0 radical (unpaired) electrons. The van der Waals surface area contributed by atoms with Crippen LogP contribution in [-0.2, 0) is 13.0 Å². The van der Waals surface area contributed by atoms with E-state index in [1.165, 1.54) is 6.07 Å². The topological polar surface area (TPSA) is 71.3 Å². The highest BCUT2D eigenvalue weighted by Crippen LogP contribution is 2.23. The minimum absolute atomic E-state index is 0.214. The van der Waals surface area contributed by atoms with Gasteiger partial charge in [-0.25, -0.2) is 4.39 Å². The Bertz CT molecular complexity index is 1200. The van der Waals surface area contributed by atoms with Crippen molar-refractivity contribution in [3.8, 4) is 0 Å². The SMILES string of the molecule is CCn1nc(C)c(CCN=C(NC(=O)c2ccc(C)c(F)c2)Nc2cccc(Cl)c2C)c1C. The van der Waals surface area contributed by atoms with Crippen molar-refractivity contribution in [3.05, 3.63) is 80.9 Å². The molecule has 0 unspecified atom stereocenters. The van der Waals surface area contributed by atoms with Gasteiger partial charge in [0.05, 0.1) is 5.69 Å². The van der Waals surface area contributed by atoms with Gasteiger partial charge in [-0.15, -0.1) is 0 Å². The van der Waals surface area contributed by atoms with Gasteiger partial charge >= 0.3 is 0 Å². The molecule has 1 aromatic heterocycles. The van der Waals surface area contributed by atoms with Crippen molar-refractivity contribution in [2.24, 2.45) is 4.99 Å². The smallest absolute Gasteiger partial charge is 0.258 e. The van der Waals surface area contributed by atoms with Gasteiger partial charge in [-0.2, -0.15) is 5.10 Å². The Morgan fingerprint density at radius 3 is 2.61 bits per heavy atom. The highest BCUT2D eigenvalue weighted by atomic mass is 35.5. The molecule has 0 spiro atoms. The summed E-state index contributed by atoms with van der Waals surface area (Å²) in [6.45, 7) is 10.9. The molecule has 0 bridgehead atoms. The highest BCUT2D eigenvalue weighted by molar-refractivity contribution is 6.31. The average molecular weight is 470 g/mol. The third-order valence-electron chi connectivity index (χ3n) is 5.65. The summed E-state index contributed by atoms with van der Waals surface area (Å²) in [6, 6.07) is 9.85. The Kier molecular flexibility index (Phi) is 7.87. The largest absolute Gasteiger partial charge is 0.326 e. The number of amides is 1. The van der Waals surface area contributed by atoms with E-state index in [1.807, 2.05) is 37.6 Å². The Morgan fingerprint density at radius 1 is 1.18 bits per heavy atom. The lowest BCUT2D eigenvalue weighted by molar-refractivity contribution is 0.0976. The number of carbonyl (C=O) groups is 1. The minimum atomic E-state index is -0.453. The molecular formula is C25H29ClFN5O. The maximum atomic E-state index is 14.0. The quantitative estimate of drug-likeness (QED) is 0.376. The number of anilines is 1. The summed E-state index contributed by atoms with van der Waals surface area (Å²) in [6.07, 6.45) is 0.673. The van der Waals surface area contributed by atoms with Crippen molar-refractivity contribution in [3.63, 3.8) is 0 Å². The summed E-state index contributed by atoms with van der Waals surface area (Å²) in [7, 11) is 0. The van der Waals surface area contributed by atoms with Crippen LogP contribution in [0.25, 0.3) is 0 Å². The van der Waals surface area contributed by atoms with Crippen molar-refractivity contribution in [2.45, 2.75) is 47.6 Å². The molecule has 3 aromatic rings. The van der Waals surface area contributed by atoms with Crippen LogP contribution in [0.5, 0.6) is 0 Å². The van der Waals surface area contributed by atoms with Crippen LogP contribution in [-0.4, -0.2) is 28.2 Å². The number of benzene rings is 2. The van der Waals surface area contributed by atoms with Crippen LogP contribution in [0.2, 0.25) is 5.02 Å². The molecule has 3 rings (SSSR count). The number of nitrogens with one attached hydrogen (secondary N) is 2. The lowest BCUT2D eigenvalue weighted by Gasteiger charge is -2.14. The van der Waals surface area contributed by atoms with Crippen LogP contribution in [0.4, 0.5) is 10.1 Å². The number of rotatable bonds is 6. The second kappa shape index (κ2) is 10.6. The summed E-state index contributed by atoms with van der Waals surface area (Å²) < 4.78 is 15.9. The van der Waals surface area contributed by atoms with Crippen LogP contribution < -0.4 is 10.6 Å². The van der Waals surface area contributed by atoms with Crippen molar-refractivity contribution < 1.29 is 9.18 Å². The second-order valence-electron chi connectivity index (χ2n) is 7.90. The first-order chi connectivity index (χ1) is 15.7. The lowest BCUT2D eigenvalue weighted by Crippen LogP contribution is -2.36. The van der Waals surface area contributed by atoms with Crippen LogP contribution in [0.1, 0.15) is 45.4 Å². The Hall–Kier alpha value is -3.19. The van der Waals surface area contributed by atoms with E-state index in [2.05, 4.69) is 27.6 Å². The molecule has 0 fully saturated rings. The summed E-state index contributed by atoms with van der Waals surface area (Å²) in [4.78, 5) is 17.4. The predicted octanol–water partition coefficient (Wildman–Crippen LogP) is 5.37. The maximum absolute atomic E-state index is 14.0. The van der Waals surface area contributed by atoms with Crippen LogP contribution in [0, 0.1) is 33.5 Å². The van der Waals surface area contributed by atoms with Crippen molar-refractivity contribution in [1.29, 1.82) is 0 Å². The van der Waals surface area contributed by atoms with Gasteiger partial charge in [0, 0.05) is 35.1 Å². The number of aryl methyl sites for hydroxylation is 3. The number of aliphatic imine (C=N–C) groups is 1. The minimum Gasteiger partial charge on any atom is -0.326 e. The number of hydrogen-bond acceptors (Lipinski definition) is 3. The van der Waals surface area contributed by atoms with E-state index in [0.29, 0.717) is 23.6 Å². The first-order valence-electron chi connectivity index (χ1n) is 10.9. The zero-order chi connectivity index (χ0) is 24.1. The van der Waals surface area contributed by atoms with Gasteiger partial charge in [0.15, 0.2) is 0 Å². The van der Waals surface area contributed by atoms with Gasteiger partial charge in [0.1, 0.15) is 5.82 Å². The number of nitrogens with zero attached hydrogens (tertiary/aromatic N) is 3. The third kappa shape index (κ3) is 5.79. The summed E-state index contributed by atoms with van der Waals surface area (Å²) in [5.41, 5.74) is 5.48. The van der Waals surface area contributed by atoms with Crippen LogP contribution in [0.15, 0.2) is 41.4 Å². The third-order valence-corrected chi connectivity index (χ3v) is 6.06. The summed E-state index contributed by atoms with van der Waals surface area (Å²) >= 11 is 6.25. The number of guanidine groups is 1. The van der Waals surface area contributed by atoms with Gasteiger partial charge in [0.2, 0.25) is 5.96 Å². The number of aromatic nitrogens is 2. The van der Waals surface area contributed by atoms with E-state index in [-0.39, 0.29) is 11.5 Å². The molecule has 0 atom stereocenters. The maximum Gasteiger partial charge on any atom is 0.258 e. The molecule has 1 heterocycles. The number of halogens is 2. The lowest BCUT2D eigenvalue weighted by atomic mass is 10.1. The average Bonchev–Trinajstić information content (AvgIpc) is 3.06. The first-order valence-corrected chi connectivity index (χ1v) is 11.3. The molecule has 0 saturated carbocycles. The monoisotopic (exact) mass is 469 g/mol. The first kappa shape index (κ1) is 24.5. The Balaban J connectivity index is 1.84. The Labute approximate surface area is 198 Å². The summed E-state index contributed by atoms with van der Waals surface area (Å²) in [5, 5.41) is 11.1. The molecule has 0 saturated heterocycles. The molecule has 174 valence electrons. The summed E-state index contributed by atoms with van der Waals surface area (Å²) in [5.74, 6) is -0.616. The van der Waals surface area contributed by atoms with Gasteiger partial charge in [-0.1, -0.05) is 23.7 Å². The van der Waals surface area contributed by atoms with E-state index >= 15 is 0 Å². The molecule has 1 amide bonds. The molecular weight excluding hydrogens is 441 g/mol.